The van der Waals surface area contributed by atoms with E-state index in [1.165, 1.54) is 25.7 Å². The van der Waals surface area contributed by atoms with Crippen LogP contribution in [0.4, 0.5) is 0 Å². The lowest BCUT2D eigenvalue weighted by Crippen LogP contribution is -2.37. The molecule has 0 amide bonds. The fraction of sp³-hybridized carbons (Fsp3) is 1.00. The number of fused-ring (bicyclic) bond motifs is 1. The van der Waals surface area contributed by atoms with E-state index in [9.17, 15) is 5.11 Å². The van der Waals surface area contributed by atoms with Crippen LogP contribution in [0.5, 0.6) is 0 Å². The van der Waals surface area contributed by atoms with Gasteiger partial charge in [0, 0.05) is 0 Å². The number of hydrogen-bond donors (Lipinski definition) is 1. The van der Waals surface area contributed by atoms with Crippen LogP contribution in [0.2, 0.25) is 0 Å². The fourth-order valence-electron chi connectivity index (χ4n) is 2.81. The highest BCUT2D eigenvalue weighted by Gasteiger charge is 2.36. The van der Waals surface area contributed by atoms with Gasteiger partial charge in [0.2, 0.25) is 0 Å². The molecule has 2 rings (SSSR count). The Bertz CT molecular complexity index is 142. The van der Waals surface area contributed by atoms with Gasteiger partial charge in [-0.3, -0.25) is 0 Å². The maximum Gasteiger partial charge on any atom is 0.0706 e. The van der Waals surface area contributed by atoms with Crippen LogP contribution in [0.25, 0.3) is 0 Å². The van der Waals surface area contributed by atoms with Gasteiger partial charge in [-0.1, -0.05) is 25.7 Å². The largest absolute Gasteiger partial charge is 0.392 e. The van der Waals surface area contributed by atoms with Gasteiger partial charge in [-0.15, -0.1) is 11.6 Å². The average molecular weight is 189 g/mol. The summed E-state index contributed by atoms with van der Waals surface area (Å²) in [4.78, 5) is 0. The van der Waals surface area contributed by atoms with Crippen LogP contribution in [0.3, 0.4) is 0 Å². The Labute approximate surface area is 79.1 Å². The summed E-state index contributed by atoms with van der Waals surface area (Å²) in [7, 11) is 0. The van der Waals surface area contributed by atoms with Gasteiger partial charge in [0.1, 0.15) is 0 Å². The minimum atomic E-state index is -0.231. The van der Waals surface area contributed by atoms with Gasteiger partial charge in [-0.25, -0.2) is 0 Å². The number of aliphatic hydroxyl groups is 1. The van der Waals surface area contributed by atoms with Gasteiger partial charge in [-0.2, -0.15) is 0 Å². The van der Waals surface area contributed by atoms with E-state index in [1.807, 2.05) is 0 Å². The van der Waals surface area contributed by atoms with Crippen LogP contribution in [-0.2, 0) is 0 Å². The smallest absolute Gasteiger partial charge is 0.0706 e. The molecule has 0 spiro atoms. The Kier molecular flexibility index (Phi) is 2.61. The molecule has 0 aromatic carbocycles. The first-order valence-corrected chi connectivity index (χ1v) is 5.53. The topological polar surface area (TPSA) is 20.2 Å². The highest BCUT2D eigenvalue weighted by Crippen LogP contribution is 2.41. The summed E-state index contributed by atoms with van der Waals surface area (Å²) in [6, 6.07) is 0. The van der Waals surface area contributed by atoms with Crippen molar-refractivity contribution in [3.05, 3.63) is 0 Å². The molecule has 12 heavy (non-hydrogen) atoms. The average Bonchev–Trinajstić information content (AvgIpc) is 2.07. The minimum Gasteiger partial charge on any atom is -0.392 e. The molecule has 0 aromatic heterocycles. The summed E-state index contributed by atoms with van der Waals surface area (Å²) in [5.74, 6) is 1.60. The van der Waals surface area contributed by atoms with Gasteiger partial charge in [0.15, 0.2) is 0 Å². The van der Waals surface area contributed by atoms with Crippen molar-refractivity contribution in [2.24, 2.45) is 11.8 Å². The summed E-state index contributed by atoms with van der Waals surface area (Å²) in [5, 5.41) is 9.62. The molecule has 0 heterocycles. The summed E-state index contributed by atoms with van der Waals surface area (Å²) in [5.41, 5.74) is 0. The molecule has 0 aromatic rings. The molecule has 2 heteroatoms. The molecule has 2 aliphatic rings. The monoisotopic (exact) mass is 188 g/mol. The third-order valence-corrected chi connectivity index (χ3v) is 4.03. The highest BCUT2D eigenvalue weighted by molar-refractivity contribution is 6.21. The zero-order valence-electron chi connectivity index (χ0n) is 7.38. The van der Waals surface area contributed by atoms with Crippen LogP contribution in [0.15, 0.2) is 0 Å². The molecule has 1 N–H and O–H groups in total. The number of halogens is 1. The molecule has 0 aliphatic heterocycles. The highest BCUT2D eigenvalue weighted by atomic mass is 35.5. The number of hydrogen-bond acceptors (Lipinski definition) is 1. The zero-order valence-corrected chi connectivity index (χ0v) is 8.13. The first-order valence-electron chi connectivity index (χ1n) is 5.09. The van der Waals surface area contributed by atoms with E-state index in [2.05, 4.69) is 0 Å². The molecule has 0 bridgehead atoms. The van der Waals surface area contributed by atoms with Gasteiger partial charge in [0.25, 0.3) is 0 Å². The van der Waals surface area contributed by atoms with Crippen molar-refractivity contribution in [1.82, 2.24) is 0 Å². The van der Waals surface area contributed by atoms with Crippen molar-refractivity contribution < 1.29 is 5.11 Å². The molecule has 0 unspecified atom stereocenters. The third-order valence-electron chi connectivity index (χ3n) is 3.56. The Morgan fingerprint density at radius 2 is 1.58 bits per heavy atom. The summed E-state index contributed by atoms with van der Waals surface area (Å²) in [6.07, 6.45) is 7.19. The van der Waals surface area contributed by atoms with Gasteiger partial charge in [-0.05, 0) is 24.7 Å². The molecule has 2 aliphatic carbocycles. The van der Waals surface area contributed by atoms with Crippen molar-refractivity contribution >= 4 is 11.6 Å². The molecular formula is C10H17ClO. The third kappa shape index (κ3) is 1.62. The van der Waals surface area contributed by atoms with Crippen LogP contribution in [0.1, 0.15) is 38.5 Å². The van der Waals surface area contributed by atoms with Crippen LogP contribution < -0.4 is 0 Å². The van der Waals surface area contributed by atoms with Crippen molar-refractivity contribution in [2.45, 2.75) is 50.0 Å². The Morgan fingerprint density at radius 3 is 2.25 bits per heavy atom. The number of aliphatic hydroxyl groups excluding tert-OH is 1. The lowest BCUT2D eigenvalue weighted by atomic mass is 9.70. The second kappa shape index (κ2) is 3.55. The van der Waals surface area contributed by atoms with E-state index in [0.29, 0.717) is 0 Å². The number of rotatable bonds is 0. The van der Waals surface area contributed by atoms with Crippen molar-refractivity contribution in [1.29, 1.82) is 0 Å². The second-order valence-electron chi connectivity index (χ2n) is 4.36. The SMILES string of the molecule is O[C@@H]1C[C@H]2CCCC[C@@H]2C[C@H]1Cl. The fourth-order valence-corrected chi connectivity index (χ4v) is 3.14. The normalized spacial score (nSPS) is 48.5. The lowest BCUT2D eigenvalue weighted by Gasteiger charge is -2.39. The lowest BCUT2D eigenvalue weighted by molar-refractivity contribution is 0.0529. The summed E-state index contributed by atoms with van der Waals surface area (Å²) < 4.78 is 0. The van der Waals surface area contributed by atoms with E-state index in [1.54, 1.807) is 0 Å². The Morgan fingerprint density at radius 1 is 1.00 bits per heavy atom. The van der Waals surface area contributed by atoms with Crippen molar-refractivity contribution in [3.8, 4) is 0 Å². The quantitative estimate of drug-likeness (QED) is 0.580. The van der Waals surface area contributed by atoms with E-state index < -0.39 is 0 Å². The van der Waals surface area contributed by atoms with E-state index in [4.69, 9.17) is 11.6 Å². The molecule has 4 atom stereocenters. The van der Waals surface area contributed by atoms with Crippen molar-refractivity contribution in [3.63, 3.8) is 0 Å². The van der Waals surface area contributed by atoms with E-state index in [0.717, 1.165) is 24.7 Å². The van der Waals surface area contributed by atoms with Gasteiger partial charge >= 0.3 is 0 Å². The standard InChI is InChI=1S/C10H17ClO/c11-9-5-7-3-1-2-4-8(7)6-10(9)12/h7-10,12H,1-6H2/t7-,8-,9-,10-/m1/s1. The maximum atomic E-state index is 9.58. The number of alkyl halides is 1. The first-order chi connectivity index (χ1) is 5.77. The van der Waals surface area contributed by atoms with Gasteiger partial charge in [0.05, 0.1) is 11.5 Å². The minimum absolute atomic E-state index is 0.0318. The molecule has 1 nitrogen and oxygen atoms in total. The maximum absolute atomic E-state index is 9.58. The second-order valence-corrected chi connectivity index (χ2v) is 4.92. The Balaban J connectivity index is 1.98. The molecular weight excluding hydrogens is 172 g/mol. The van der Waals surface area contributed by atoms with Gasteiger partial charge < -0.3 is 5.11 Å². The molecule has 70 valence electrons. The summed E-state index contributed by atoms with van der Waals surface area (Å²) >= 11 is 6.04. The van der Waals surface area contributed by atoms with E-state index >= 15 is 0 Å². The Hall–Kier alpha value is 0.250. The molecule has 0 radical (unpaired) electrons. The predicted octanol–water partition coefficient (Wildman–Crippen LogP) is 2.55. The van der Waals surface area contributed by atoms with Crippen LogP contribution in [-0.4, -0.2) is 16.6 Å². The van der Waals surface area contributed by atoms with Crippen LogP contribution >= 0.6 is 11.6 Å². The van der Waals surface area contributed by atoms with Crippen LogP contribution in [0, 0.1) is 11.8 Å². The summed E-state index contributed by atoms with van der Waals surface area (Å²) in [6.45, 7) is 0. The zero-order chi connectivity index (χ0) is 8.55. The van der Waals surface area contributed by atoms with Crippen molar-refractivity contribution in [2.75, 3.05) is 0 Å². The first kappa shape index (κ1) is 8.83. The van der Waals surface area contributed by atoms with E-state index in [-0.39, 0.29) is 11.5 Å². The predicted molar refractivity (Wildman–Crippen MR) is 50.3 cm³/mol. The molecule has 2 saturated carbocycles. The molecule has 0 saturated heterocycles. The molecule has 2 fully saturated rings.